The maximum Gasteiger partial charge on any atom is 0.292 e. The summed E-state index contributed by atoms with van der Waals surface area (Å²) in [5, 5.41) is 13.6. The number of methoxy groups -OCH3 is 2. The molecule has 0 saturated heterocycles. The molecule has 0 aliphatic heterocycles. The topological polar surface area (TPSA) is 90.7 Å². The standard InChI is InChI=1S/C18H18N2O5/c1-12(10-13-8-9-16(24-2)17(11-13)25-3)18(21)19-14-6-4-5-7-15(14)20(22)23/h4-11H,1-3H3,(H,19,21)/b12-10+. The van der Waals surface area contributed by atoms with Gasteiger partial charge in [0.1, 0.15) is 5.69 Å². The summed E-state index contributed by atoms with van der Waals surface area (Å²) in [7, 11) is 3.07. The number of hydrogen-bond acceptors (Lipinski definition) is 5. The lowest BCUT2D eigenvalue weighted by molar-refractivity contribution is -0.383. The van der Waals surface area contributed by atoms with E-state index in [2.05, 4.69) is 5.32 Å². The van der Waals surface area contributed by atoms with Gasteiger partial charge in [0.2, 0.25) is 0 Å². The molecule has 7 nitrogen and oxygen atoms in total. The smallest absolute Gasteiger partial charge is 0.292 e. The van der Waals surface area contributed by atoms with Crippen molar-refractivity contribution in [1.29, 1.82) is 0 Å². The molecule has 0 aliphatic carbocycles. The number of nitro groups is 1. The summed E-state index contributed by atoms with van der Waals surface area (Å²) in [6, 6.07) is 11.2. The van der Waals surface area contributed by atoms with Gasteiger partial charge in [0.25, 0.3) is 11.6 Å². The zero-order valence-corrected chi connectivity index (χ0v) is 14.1. The van der Waals surface area contributed by atoms with E-state index in [1.807, 2.05) is 0 Å². The SMILES string of the molecule is COc1ccc(/C=C(\C)C(=O)Nc2ccccc2[N+](=O)[O-])cc1OC. The third-order valence-electron chi connectivity index (χ3n) is 3.50. The Morgan fingerprint density at radius 3 is 2.44 bits per heavy atom. The predicted octanol–water partition coefficient (Wildman–Crippen LogP) is 3.65. The van der Waals surface area contributed by atoms with Crippen molar-refractivity contribution in [2.24, 2.45) is 0 Å². The summed E-state index contributed by atoms with van der Waals surface area (Å²) in [4.78, 5) is 22.8. The van der Waals surface area contributed by atoms with E-state index in [0.717, 1.165) is 5.56 Å². The van der Waals surface area contributed by atoms with Crippen LogP contribution in [0, 0.1) is 10.1 Å². The summed E-state index contributed by atoms with van der Waals surface area (Å²) in [6.45, 7) is 1.63. The lowest BCUT2D eigenvalue weighted by Crippen LogP contribution is -2.13. The van der Waals surface area contributed by atoms with Gasteiger partial charge in [0, 0.05) is 11.6 Å². The van der Waals surface area contributed by atoms with Gasteiger partial charge in [0.05, 0.1) is 19.1 Å². The van der Waals surface area contributed by atoms with Crippen LogP contribution in [0.2, 0.25) is 0 Å². The Balaban J connectivity index is 2.23. The molecule has 0 fully saturated rings. The summed E-state index contributed by atoms with van der Waals surface area (Å²) in [5.41, 5.74) is 1.13. The van der Waals surface area contributed by atoms with Crippen molar-refractivity contribution in [2.75, 3.05) is 19.5 Å². The van der Waals surface area contributed by atoms with Crippen molar-refractivity contribution >= 4 is 23.4 Å². The Hall–Kier alpha value is -3.35. The largest absolute Gasteiger partial charge is 0.493 e. The number of hydrogen-bond donors (Lipinski definition) is 1. The quantitative estimate of drug-likeness (QED) is 0.491. The first-order valence-corrected chi connectivity index (χ1v) is 7.41. The molecule has 0 atom stereocenters. The van der Waals surface area contributed by atoms with Crippen molar-refractivity contribution in [3.63, 3.8) is 0 Å². The Kier molecular flexibility index (Phi) is 5.73. The molecule has 25 heavy (non-hydrogen) atoms. The van der Waals surface area contributed by atoms with Gasteiger partial charge in [-0.25, -0.2) is 0 Å². The average molecular weight is 342 g/mol. The molecule has 0 aliphatic rings. The number of nitrogens with one attached hydrogen (secondary N) is 1. The van der Waals surface area contributed by atoms with Crippen molar-refractivity contribution in [1.82, 2.24) is 0 Å². The number of ether oxygens (including phenoxy) is 2. The molecule has 0 saturated carbocycles. The van der Waals surface area contributed by atoms with Crippen molar-refractivity contribution < 1.29 is 19.2 Å². The lowest BCUT2D eigenvalue weighted by Gasteiger charge is -2.09. The molecule has 0 spiro atoms. The van der Waals surface area contributed by atoms with Gasteiger partial charge in [-0.1, -0.05) is 18.2 Å². The molecule has 7 heteroatoms. The Bertz CT molecular complexity index is 830. The summed E-state index contributed by atoms with van der Waals surface area (Å²) < 4.78 is 10.4. The van der Waals surface area contributed by atoms with E-state index in [0.29, 0.717) is 17.1 Å². The number of anilines is 1. The van der Waals surface area contributed by atoms with Crippen LogP contribution in [-0.4, -0.2) is 25.1 Å². The van der Waals surface area contributed by atoms with E-state index in [1.165, 1.54) is 19.2 Å². The second-order valence-corrected chi connectivity index (χ2v) is 5.17. The number of nitrogens with zero attached hydrogens (tertiary/aromatic N) is 1. The zero-order chi connectivity index (χ0) is 18.4. The highest BCUT2D eigenvalue weighted by atomic mass is 16.6. The summed E-state index contributed by atoms with van der Waals surface area (Å²) in [5.74, 6) is 0.703. The maximum absolute atomic E-state index is 12.3. The minimum atomic E-state index is -0.539. The highest BCUT2D eigenvalue weighted by Crippen LogP contribution is 2.29. The number of amides is 1. The highest BCUT2D eigenvalue weighted by Gasteiger charge is 2.15. The van der Waals surface area contributed by atoms with E-state index in [-0.39, 0.29) is 11.4 Å². The van der Waals surface area contributed by atoms with Crippen LogP contribution < -0.4 is 14.8 Å². The maximum atomic E-state index is 12.3. The van der Waals surface area contributed by atoms with Crippen molar-refractivity contribution in [3.05, 3.63) is 63.7 Å². The number of para-hydroxylation sites is 2. The molecule has 0 radical (unpaired) electrons. The fourth-order valence-corrected chi connectivity index (χ4v) is 2.22. The van der Waals surface area contributed by atoms with E-state index >= 15 is 0 Å². The predicted molar refractivity (Wildman–Crippen MR) is 94.9 cm³/mol. The van der Waals surface area contributed by atoms with Gasteiger partial charge in [-0.15, -0.1) is 0 Å². The first-order valence-electron chi connectivity index (χ1n) is 7.41. The van der Waals surface area contributed by atoms with E-state index < -0.39 is 10.8 Å². The monoisotopic (exact) mass is 342 g/mol. The van der Waals surface area contributed by atoms with Crippen LogP contribution >= 0.6 is 0 Å². The molecular formula is C18H18N2O5. The van der Waals surface area contributed by atoms with Gasteiger partial charge in [-0.05, 0) is 36.8 Å². The van der Waals surface area contributed by atoms with Crippen LogP contribution in [0.4, 0.5) is 11.4 Å². The van der Waals surface area contributed by atoms with Crippen LogP contribution in [0.1, 0.15) is 12.5 Å². The Morgan fingerprint density at radius 2 is 1.80 bits per heavy atom. The summed E-state index contributed by atoms with van der Waals surface area (Å²) >= 11 is 0. The number of carbonyl (C=O) groups excluding carboxylic acids is 1. The van der Waals surface area contributed by atoms with E-state index in [1.54, 1.807) is 50.4 Å². The number of benzene rings is 2. The van der Waals surface area contributed by atoms with E-state index in [9.17, 15) is 14.9 Å². The third-order valence-corrected chi connectivity index (χ3v) is 3.50. The normalized spacial score (nSPS) is 10.9. The van der Waals surface area contributed by atoms with Gasteiger partial charge in [0.15, 0.2) is 11.5 Å². The molecule has 130 valence electrons. The first-order chi connectivity index (χ1) is 12.0. The van der Waals surface area contributed by atoms with Crippen LogP contribution in [0.5, 0.6) is 11.5 Å². The number of carbonyl (C=O) groups is 1. The minimum Gasteiger partial charge on any atom is -0.493 e. The Labute approximate surface area is 145 Å². The second-order valence-electron chi connectivity index (χ2n) is 5.17. The molecule has 1 N–H and O–H groups in total. The molecule has 1 amide bonds. The lowest BCUT2D eigenvalue weighted by atomic mass is 10.1. The van der Waals surface area contributed by atoms with Crippen LogP contribution in [-0.2, 0) is 4.79 Å². The average Bonchev–Trinajstić information content (AvgIpc) is 2.61. The molecular weight excluding hydrogens is 324 g/mol. The zero-order valence-electron chi connectivity index (χ0n) is 14.1. The molecule has 0 aromatic heterocycles. The van der Waals surface area contributed by atoms with Gasteiger partial charge < -0.3 is 14.8 Å². The number of nitro benzene ring substituents is 1. The highest BCUT2D eigenvalue weighted by molar-refractivity contribution is 6.07. The Morgan fingerprint density at radius 1 is 1.12 bits per heavy atom. The van der Waals surface area contributed by atoms with Gasteiger partial charge >= 0.3 is 0 Å². The fourth-order valence-electron chi connectivity index (χ4n) is 2.22. The van der Waals surface area contributed by atoms with Crippen LogP contribution in [0.25, 0.3) is 6.08 Å². The second kappa shape index (κ2) is 7.96. The minimum absolute atomic E-state index is 0.151. The van der Waals surface area contributed by atoms with Gasteiger partial charge in [-0.2, -0.15) is 0 Å². The van der Waals surface area contributed by atoms with Crippen LogP contribution in [0.15, 0.2) is 48.0 Å². The molecule has 0 heterocycles. The number of rotatable bonds is 6. The first kappa shape index (κ1) is 18.0. The van der Waals surface area contributed by atoms with Crippen LogP contribution in [0.3, 0.4) is 0 Å². The molecule has 0 unspecified atom stereocenters. The molecule has 2 aromatic rings. The molecule has 2 rings (SSSR count). The van der Waals surface area contributed by atoms with Gasteiger partial charge in [-0.3, -0.25) is 14.9 Å². The molecule has 2 aromatic carbocycles. The fraction of sp³-hybridized carbons (Fsp3) is 0.167. The van der Waals surface area contributed by atoms with E-state index in [4.69, 9.17) is 9.47 Å². The summed E-state index contributed by atoms with van der Waals surface area (Å²) in [6.07, 6.45) is 1.66. The van der Waals surface area contributed by atoms with Crippen molar-refractivity contribution in [3.8, 4) is 11.5 Å². The van der Waals surface area contributed by atoms with Crippen molar-refractivity contribution in [2.45, 2.75) is 6.92 Å². The molecule has 0 bridgehead atoms. The third kappa shape index (κ3) is 4.35.